The number of anilines is 2. The number of hydrogen-bond acceptors (Lipinski definition) is 4. The highest BCUT2D eigenvalue weighted by Crippen LogP contribution is 2.25. The van der Waals surface area contributed by atoms with Crippen LogP contribution in [0.1, 0.15) is 36.6 Å². The Hall–Kier alpha value is -3.09. The lowest BCUT2D eigenvalue weighted by molar-refractivity contribution is -0.116. The molecule has 1 aromatic carbocycles. The Morgan fingerprint density at radius 3 is 2.67 bits per heavy atom. The van der Waals surface area contributed by atoms with E-state index >= 15 is 0 Å². The Bertz CT molecular complexity index is 1140. The van der Waals surface area contributed by atoms with Crippen LogP contribution >= 0.6 is 0 Å². The van der Waals surface area contributed by atoms with Crippen molar-refractivity contribution in [1.29, 1.82) is 0 Å². The summed E-state index contributed by atoms with van der Waals surface area (Å²) in [5, 5.41) is 8.29. The molecule has 1 amide bonds. The number of carbonyl (C=O) groups excluding carboxylic acids is 1. The maximum atomic E-state index is 12.5. The minimum atomic E-state index is -0.153. The number of aromatic amines is 1. The van der Waals surface area contributed by atoms with Gasteiger partial charge in [-0.3, -0.25) is 14.3 Å². The highest BCUT2D eigenvalue weighted by Gasteiger charge is 2.19. The summed E-state index contributed by atoms with van der Waals surface area (Å²) in [6, 6.07) is 8.00. The van der Waals surface area contributed by atoms with E-state index in [-0.39, 0.29) is 17.9 Å². The summed E-state index contributed by atoms with van der Waals surface area (Å²) in [5.41, 5.74) is 4.96. The molecular formula is C23H29N5O2. The Labute approximate surface area is 176 Å². The lowest BCUT2D eigenvalue weighted by atomic mass is 10.0. The number of fused-ring (bicyclic) bond motifs is 1. The van der Waals surface area contributed by atoms with E-state index in [0.717, 1.165) is 47.0 Å². The van der Waals surface area contributed by atoms with Gasteiger partial charge in [-0.15, -0.1) is 0 Å². The lowest BCUT2D eigenvalue weighted by Gasteiger charge is -2.18. The molecule has 1 fully saturated rings. The van der Waals surface area contributed by atoms with Gasteiger partial charge in [0.25, 0.3) is 5.56 Å². The van der Waals surface area contributed by atoms with Crippen molar-refractivity contribution in [2.45, 2.75) is 40.0 Å². The number of benzene rings is 1. The summed E-state index contributed by atoms with van der Waals surface area (Å²) in [4.78, 5) is 30.3. The van der Waals surface area contributed by atoms with Crippen LogP contribution < -0.4 is 15.8 Å². The normalized spacial score (nSPS) is 16.4. The van der Waals surface area contributed by atoms with Gasteiger partial charge in [0.2, 0.25) is 5.91 Å². The van der Waals surface area contributed by atoms with Gasteiger partial charge < -0.3 is 15.2 Å². The molecule has 1 aliphatic heterocycles. The molecule has 1 atom stereocenters. The van der Waals surface area contributed by atoms with Crippen LogP contribution in [0.5, 0.6) is 0 Å². The molecule has 3 heterocycles. The number of aryl methyl sites for hydroxylation is 3. The van der Waals surface area contributed by atoms with Gasteiger partial charge in [-0.05, 0) is 62.4 Å². The van der Waals surface area contributed by atoms with Crippen molar-refractivity contribution in [2.75, 3.05) is 23.3 Å². The number of H-pyrrole nitrogens is 1. The molecule has 4 rings (SSSR count). The van der Waals surface area contributed by atoms with Gasteiger partial charge in [0, 0.05) is 48.9 Å². The van der Waals surface area contributed by atoms with Crippen molar-refractivity contribution in [3.63, 3.8) is 0 Å². The SMILES string of the molecule is Cc1nn(C)c2[nH]c(=O)c(CCC(=O)Nc3ccc(N4CCC(C)C4)cc3)c(C)c12. The van der Waals surface area contributed by atoms with E-state index in [9.17, 15) is 9.59 Å². The smallest absolute Gasteiger partial charge is 0.253 e. The second-order valence-corrected chi connectivity index (χ2v) is 8.43. The third kappa shape index (κ3) is 3.84. The van der Waals surface area contributed by atoms with Crippen molar-refractivity contribution >= 4 is 28.3 Å². The van der Waals surface area contributed by atoms with Gasteiger partial charge in [0.05, 0.1) is 5.69 Å². The second-order valence-electron chi connectivity index (χ2n) is 8.43. The van der Waals surface area contributed by atoms with Gasteiger partial charge >= 0.3 is 0 Å². The first-order valence-corrected chi connectivity index (χ1v) is 10.5. The van der Waals surface area contributed by atoms with Crippen LogP contribution in [0.15, 0.2) is 29.1 Å². The van der Waals surface area contributed by atoms with Crippen molar-refractivity contribution in [3.05, 3.63) is 51.4 Å². The summed E-state index contributed by atoms with van der Waals surface area (Å²) in [6.45, 7) is 8.30. The summed E-state index contributed by atoms with van der Waals surface area (Å²) in [5.74, 6) is 0.630. The van der Waals surface area contributed by atoms with Crippen molar-refractivity contribution < 1.29 is 4.79 Å². The zero-order chi connectivity index (χ0) is 21.4. The average Bonchev–Trinajstić information content (AvgIpc) is 3.25. The van der Waals surface area contributed by atoms with Crippen LogP contribution in [-0.2, 0) is 18.3 Å². The molecule has 2 N–H and O–H groups in total. The number of aromatic nitrogens is 3. The Balaban J connectivity index is 1.42. The van der Waals surface area contributed by atoms with E-state index in [2.05, 4.69) is 39.4 Å². The molecule has 0 spiro atoms. The highest BCUT2D eigenvalue weighted by molar-refractivity contribution is 5.91. The third-order valence-corrected chi connectivity index (χ3v) is 6.10. The number of hydrogen-bond donors (Lipinski definition) is 2. The zero-order valence-electron chi connectivity index (χ0n) is 18.1. The molecule has 30 heavy (non-hydrogen) atoms. The van der Waals surface area contributed by atoms with Crippen LogP contribution in [0.4, 0.5) is 11.4 Å². The van der Waals surface area contributed by atoms with Crippen molar-refractivity contribution in [3.8, 4) is 0 Å². The molecule has 0 aliphatic carbocycles. The first-order chi connectivity index (χ1) is 14.3. The Morgan fingerprint density at radius 1 is 1.27 bits per heavy atom. The summed E-state index contributed by atoms with van der Waals surface area (Å²) >= 11 is 0. The molecule has 3 aromatic rings. The second kappa shape index (κ2) is 7.97. The van der Waals surface area contributed by atoms with Crippen molar-refractivity contribution in [2.24, 2.45) is 13.0 Å². The average molecular weight is 408 g/mol. The number of amides is 1. The monoisotopic (exact) mass is 407 g/mol. The first-order valence-electron chi connectivity index (χ1n) is 10.5. The van der Waals surface area contributed by atoms with Gasteiger partial charge in [-0.1, -0.05) is 6.92 Å². The molecular weight excluding hydrogens is 378 g/mol. The molecule has 1 unspecified atom stereocenters. The van der Waals surface area contributed by atoms with Crippen LogP contribution in [-0.4, -0.2) is 33.8 Å². The molecule has 7 nitrogen and oxygen atoms in total. The fraction of sp³-hybridized carbons (Fsp3) is 0.435. The molecule has 2 aromatic heterocycles. The highest BCUT2D eigenvalue weighted by atomic mass is 16.1. The Morgan fingerprint density at radius 2 is 2.00 bits per heavy atom. The van der Waals surface area contributed by atoms with Gasteiger partial charge in [-0.25, -0.2) is 0 Å². The molecule has 1 aliphatic rings. The van der Waals surface area contributed by atoms with Crippen LogP contribution in [0.3, 0.4) is 0 Å². The standard InChI is InChI=1S/C23H29N5O2/c1-14-11-12-28(13-14)18-7-5-17(6-8-18)24-20(29)10-9-19-15(2)21-16(3)26-27(4)22(21)25-23(19)30/h5-8,14H,9-13H2,1-4H3,(H,24,29)(H,25,30). The number of nitrogens with zero attached hydrogens (tertiary/aromatic N) is 3. The molecule has 1 saturated heterocycles. The topological polar surface area (TPSA) is 83.0 Å². The van der Waals surface area contributed by atoms with E-state index in [1.807, 2.05) is 33.0 Å². The zero-order valence-corrected chi connectivity index (χ0v) is 18.1. The molecule has 0 saturated carbocycles. The minimum absolute atomic E-state index is 0.0978. The van der Waals surface area contributed by atoms with Crippen LogP contribution in [0.2, 0.25) is 0 Å². The van der Waals surface area contributed by atoms with Gasteiger partial charge in [0.15, 0.2) is 0 Å². The van der Waals surface area contributed by atoms with E-state index in [1.54, 1.807) is 4.68 Å². The quantitative estimate of drug-likeness (QED) is 0.680. The largest absolute Gasteiger partial charge is 0.371 e. The first kappa shape index (κ1) is 20.2. The summed E-state index contributed by atoms with van der Waals surface area (Å²) in [6.07, 6.45) is 1.86. The van der Waals surface area contributed by atoms with E-state index in [0.29, 0.717) is 12.0 Å². The summed E-state index contributed by atoms with van der Waals surface area (Å²) in [7, 11) is 1.81. The Kier molecular flexibility index (Phi) is 5.37. The molecule has 0 radical (unpaired) electrons. The van der Waals surface area contributed by atoms with E-state index in [1.165, 1.54) is 12.1 Å². The van der Waals surface area contributed by atoms with Crippen LogP contribution in [0, 0.1) is 19.8 Å². The predicted octanol–water partition coefficient (Wildman–Crippen LogP) is 3.30. The molecule has 7 heteroatoms. The minimum Gasteiger partial charge on any atom is -0.371 e. The maximum Gasteiger partial charge on any atom is 0.253 e. The van der Waals surface area contributed by atoms with E-state index in [4.69, 9.17) is 0 Å². The number of nitrogens with one attached hydrogen (secondary N) is 2. The third-order valence-electron chi connectivity index (χ3n) is 6.10. The van der Waals surface area contributed by atoms with Gasteiger partial charge in [-0.2, -0.15) is 5.10 Å². The number of carbonyl (C=O) groups is 1. The fourth-order valence-electron chi connectivity index (χ4n) is 4.44. The van der Waals surface area contributed by atoms with Gasteiger partial charge in [0.1, 0.15) is 5.65 Å². The molecule has 0 bridgehead atoms. The number of rotatable bonds is 5. The molecule has 158 valence electrons. The maximum absolute atomic E-state index is 12.5. The number of pyridine rings is 1. The van der Waals surface area contributed by atoms with Crippen LogP contribution in [0.25, 0.3) is 11.0 Å². The fourth-order valence-corrected chi connectivity index (χ4v) is 4.44. The van der Waals surface area contributed by atoms with Crippen molar-refractivity contribution in [1.82, 2.24) is 14.8 Å². The van der Waals surface area contributed by atoms with E-state index < -0.39 is 0 Å². The lowest BCUT2D eigenvalue weighted by Crippen LogP contribution is -2.20. The predicted molar refractivity (Wildman–Crippen MR) is 120 cm³/mol. The summed E-state index contributed by atoms with van der Waals surface area (Å²) < 4.78 is 1.68.